The summed E-state index contributed by atoms with van der Waals surface area (Å²) in [5.41, 5.74) is 2.31. The normalized spacial score (nSPS) is 11.3. The first-order valence-corrected chi connectivity index (χ1v) is 6.12. The standard InChI is InChI=1S/C15H16N2O3/c1-9-4-5-10(2)12(6-9)15(19)20-8-14(18)13(7-16)11(3)17/h4-6,13,17H,8H2,1-3H3/p+1/t13-/m0/s1. The number of carbonyl (C=O) groups excluding carboxylic acids is 2. The average Bonchev–Trinajstić information content (AvgIpc) is 2.39. The fourth-order valence-electron chi connectivity index (χ4n) is 1.68. The number of hydrogen-bond acceptors (Lipinski definition) is 4. The summed E-state index contributed by atoms with van der Waals surface area (Å²) in [4.78, 5) is 23.6. The summed E-state index contributed by atoms with van der Waals surface area (Å²) in [5.74, 6) is -2.14. The molecule has 1 aromatic carbocycles. The molecule has 0 spiro atoms. The molecule has 2 N–H and O–H groups in total. The number of nitriles is 1. The van der Waals surface area contributed by atoms with E-state index in [0.717, 1.165) is 11.1 Å². The van der Waals surface area contributed by atoms with E-state index in [2.05, 4.69) is 0 Å². The lowest BCUT2D eigenvalue weighted by Crippen LogP contribution is -2.45. The first-order chi connectivity index (χ1) is 9.36. The van der Waals surface area contributed by atoms with Crippen molar-refractivity contribution in [2.24, 2.45) is 5.92 Å². The fourth-order valence-corrected chi connectivity index (χ4v) is 1.68. The molecule has 1 rings (SSSR count). The van der Waals surface area contributed by atoms with Crippen LogP contribution in [0.1, 0.15) is 28.4 Å². The van der Waals surface area contributed by atoms with Crippen molar-refractivity contribution < 1.29 is 19.7 Å². The van der Waals surface area contributed by atoms with Crippen LogP contribution in [0.3, 0.4) is 0 Å². The quantitative estimate of drug-likeness (QED) is 0.620. The Morgan fingerprint density at radius 3 is 2.60 bits per heavy atom. The van der Waals surface area contributed by atoms with E-state index in [9.17, 15) is 9.59 Å². The largest absolute Gasteiger partial charge is 0.454 e. The minimum atomic E-state index is -1.04. The molecule has 0 fully saturated rings. The van der Waals surface area contributed by atoms with Gasteiger partial charge in [-0.15, -0.1) is 0 Å². The Hall–Kier alpha value is -2.48. The molecule has 0 radical (unpaired) electrons. The summed E-state index contributed by atoms with van der Waals surface area (Å²) in [7, 11) is 0. The van der Waals surface area contributed by atoms with E-state index >= 15 is 0 Å². The third-order valence-corrected chi connectivity index (χ3v) is 2.86. The average molecular weight is 273 g/mol. The molecule has 0 saturated heterocycles. The van der Waals surface area contributed by atoms with Crippen LogP contribution in [0, 0.1) is 31.1 Å². The van der Waals surface area contributed by atoms with Gasteiger partial charge in [0, 0.05) is 6.92 Å². The highest BCUT2D eigenvalue weighted by Gasteiger charge is 2.25. The van der Waals surface area contributed by atoms with E-state index in [0.29, 0.717) is 5.56 Å². The second kappa shape index (κ2) is 6.62. The molecule has 1 atom stereocenters. The summed E-state index contributed by atoms with van der Waals surface area (Å²) < 4.78 is 4.95. The second-order valence-electron chi connectivity index (χ2n) is 4.67. The lowest BCUT2D eigenvalue weighted by molar-refractivity contribution is -0.131. The Morgan fingerprint density at radius 1 is 1.40 bits per heavy atom. The number of rotatable bonds is 5. The van der Waals surface area contributed by atoms with Gasteiger partial charge in [0.15, 0.2) is 24.0 Å². The zero-order valence-corrected chi connectivity index (χ0v) is 11.8. The van der Waals surface area contributed by atoms with Gasteiger partial charge in [0.05, 0.1) is 11.6 Å². The van der Waals surface area contributed by atoms with Crippen molar-refractivity contribution in [3.8, 4) is 6.07 Å². The van der Waals surface area contributed by atoms with Gasteiger partial charge in [-0.1, -0.05) is 17.7 Å². The molecule has 5 nitrogen and oxygen atoms in total. The molecular formula is C15H17N2O3+. The van der Waals surface area contributed by atoms with Gasteiger partial charge in [0.2, 0.25) is 0 Å². The van der Waals surface area contributed by atoms with E-state index in [4.69, 9.17) is 15.4 Å². The van der Waals surface area contributed by atoms with Crippen molar-refractivity contribution in [2.45, 2.75) is 20.8 Å². The van der Waals surface area contributed by atoms with Crippen LogP contribution in [-0.2, 0) is 9.53 Å². The molecule has 0 aromatic heterocycles. The first kappa shape index (κ1) is 15.6. The minimum Gasteiger partial charge on any atom is -0.454 e. The third-order valence-electron chi connectivity index (χ3n) is 2.86. The number of aryl methyl sites for hydroxylation is 2. The Morgan fingerprint density at radius 2 is 2.05 bits per heavy atom. The van der Waals surface area contributed by atoms with E-state index in [-0.39, 0.29) is 5.71 Å². The number of benzene rings is 1. The summed E-state index contributed by atoms with van der Waals surface area (Å²) in [6.07, 6.45) is 0. The maximum absolute atomic E-state index is 11.9. The molecule has 0 unspecified atom stereocenters. The molecule has 0 bridgehead atoms. The summed E-state index contributed by atoms with van der Waals surface area (Å²) in [5, 5.41) is 14.3. The number of ketones is 1. The van der Waals surface area contributed by atoms with Crippen molar-refractivity contribution >= 4 is 17.5 Å². The van der Waals surface area contributed by atoms with Crippen molar-refractivity contribution in [1.82, 2.24) is 0 Å². The third kappa shape index (κ3) is 3.75. The SMILES string of the molecule is CC(=[NH2+])[C@H](C#N)C(=O)COC(=O)c1cc(C)ccc1C. The maximum Gasteiger partial charge on any atom is 0.338 e. The second-order valence-corrected chi connectivity index (χ2v) is 4.67. The summed E-state index contributed by atoms with van der Waals surface area (Å²) >= 11 is 0. The predicted molar refractivity (Wildman–Crippen MR) is 72.9 cm³/mol. The first-order valence-electron chi connectivity index (χ1n) is 6.12. The van der Waals surface area contributed by atoms with Crippen LogP contribution in [-0.4, -0.2) is 24.1 Å². The zero-order chi connectivity index (χ0) is 15.3. The van der Waals surface area contributed by atoms with Gasteiger partial charge in [-0.05, 0) is 25.5 Å². The zero-order valence-electron chi connectivity index (χ0n) is 11.8. The van der Waals surface area contributed by atoms with Gasteiger partial charge in [-0.2, -0.15) is 5.26 Å². The minimum absolute atomic E-state index is 0.195. The number of Topliss-reactive ketones (excluding diaryl/α,β-unsaturated/α-hetero) is 1. The molecule has 0 saturated carbocycles. The van der Waals surface area contributed by atoms with Gasteiger partial charge in [-0.3, -0.25) is 10.2 Å². The number of hydrogen-bond donors (Lipinski definition) is 1. The highest BCUT2D eigenvalue weighted by molar-refractivity contribution is 6.05. The van der Waals surface area contributed by atoms with Crippen molar-refractivity contribution in [1.29, 1.82) is 5.26 Å². The highest BCUT2D eigenvalue weighted by Crippen LogP contribution is 2.12. The topological polar surface area (TPSA) is 92.8 Å². The molecule has 0 amide bonds. The molecule has 0 aliphatic heterocycles. The molecule has 0 heterocycles. The van der Waals surface area contributed by atoms with Crippen LogP contribution in [0.15, 0.2) is 18.2 Å². The number of nitrogens with two attached hydrogens (primary N) is 1. The Kier molecular flexibility index (Phi) is 5.15. The number of ether oxygens (including phenoxy) is 1. The highest BCUT2D eigenvalue weighted by atomic mass is 16.5. The van der Waals surface area contributed by atoms with E-state index < -0.39 is 24.3 Å². The van der Waals surface area contributed by atoms with Gasteiger partial charge >= 0.3 is 5.97 Å². The van der Waals surface area contributed by atoms with E-state index in [1.54, 1.807) is 19.1 Å². The number of nitrogens with zero attached hydrogens (tertiary/aromatic N) is 1. The van der Waals surface area contributed by atoms with Gasteiger partial charge in [0.1, 0.15) is 0 Å². The fraction of sp³-hybridized carbons (Fsp3) is 0.333. The maximum atomic E-state index is 11.9. The van der Waals surface area contributed by atoms with Gasteiger partial charge in [-0.25, -0.2) is 4.79 Å². The van der Waals surface area contributed by atoms with Crippen molar-refractivity contribution in [3.63, 3.8) is 0 Å². The van der Waals surface area contributed by atoms with Crippen molar-refractivity contribution in [3.05, 3.63) is 34.9 Å². The summed E-state index contributed by atoms with van der Waals surface area (Å²) in [6, 6.07) is 7.17. The monoisotopic (exact) mass is 273 g/mol. The number of carbonyl (C=O) groups is 2. The van der Waals surface area contributed by atoms with E-state index in [1.165, 1.54) is 6.92 Å². The van der Waals surface area contributed by atoms with Crippen LogP contribution in [0.25, 0.3) is 0 Å². The number of esters is 1. The van der Waals surface area contributed by atoms with Crippen LogP contribution in [0.5, 0.6) is 0 Å². The van der Waals surface area contributed by atoms with Gasteiger partial charge < -0.3 is 4.74 Å². The molecule has 0 aliphatic carbocycles. The summed E-state index contributed by atoms with van der Waals surface area (Å²) in [6.45, 7) is 4.67. The predicted octanol–water partition coefficient (Wildman–Crippen LogP) is 0.389. The lowest BCUT2D eigenvalue weighted by Gasteiger charge is -2.08. The molecular weight excluding hydrogens is 256 g/mol. The lowest BCUT2D eigenvalue weighted by atomic mass is 10.0. The van der Waals surface area contributed by atoms with Crippen LogP contribution in [0.4, 0.5) is 0 Å². The molecule has 5 heteroatoms. The Balaban J connectivity index is 2.73. The van der Waals surface area contributed by atoms with Crippen LogP contribution < -0.4 is 5.41 Å². The molecule has 104 valence electrons. The van der Waals surface area contributed by atoms with Crippen LogP contribution >= 0.6 is 0 Å². The molecule has 1 aromatic rings. The van der Waals surface area contributed by atoms with Crippen molar-refractivity contribution in [2.75, 3.05) is 6.61 Å². The molecule has 0 aliphatic rings. The molecule has 20 heavy (non-hydrogen) atoms. The smallest absolute Gasteiger partial charge is 0.338 e. The van der Waals surface area contributed by atoms with Gasteiger partial charge in [0.25, 0.3) is 0 Å². The Bertz CT molecular complexity index is 600. The van der Waals surface area contributed by atoms with E-state index in [1.807, 2.05) is 19.1 Å². The Labute approximate surface area is 117 Å². The van der Waals surface area contributed by atoms with Crippen LogP contribution in [0.2, 0.25) is 0 Å².